The predicted molar refractivity (Wildman–Crippen MR) is 101 cm³/mol. The number of carbonyl (C=O) groups is 1. The van der Waals surface area contributed by atoms with Gasteiger partial charge in [-0.2, -0.15) is 0 Å². The molecule has 2 N–H and O–H groups in total. The van der Waals surface area contributed by atoms with Crippen LogP contribution >= 0.6 is 0 Å². The monoisotopic (exact) mass is 357 g/mol. The number of rotatable bonds is 11. The van der Waals surface area contributed by atoms with E-state index in [9.17, 15) is 15.0 Å². The molecule has 26 heavy (non-hydrogen) atoms. The van der Waals surface area contributed by atoms with Gasteiger partial charge in [-0.1, -0.05) is 37.3 Å². The molecule has 2 aromatic rings. The molecule has 0 aliphatic rings. The molecule has 2 rings (SSSR count). The lowest BCUT2D eigenvalue weighted by Crippen LogP contribution is -2.37. The Balaban J connectivity index is 1.83. The van der Waals surface area contributed by atoms with Gasteiger partial charge in [0.15, 0.2) is 5.78 Å². The van der Waals surface area contributed by atoms with E-state index in [0.29, 0.717) is 37.4 Å². The van der Waals surface area contributed by atoms with E-state index in [1.807, 2.05) is 42.2 Å². The van der Waals surface area contributed by atoms with Gasteiger partial charge in [0.2, 0.25) is 0 Å². The standard InChI is InChI=1S/C21H27NO4/c1-2-21(25)18-8-10-20(11-9-18)26-16-19(24)15-22(12-13-23)14-17-6-4-3-5-7-17/h3-11,19,23-24H,2,12-16H2,1H3/t19-/m0/s1. The van der Waals surface area contributed by atoms with Crippen molar-refractivity contribution < 1.29 is 19.7 Å². The zero-order valence-electron chi connectivity index (χ0n) is 15.2. The van der Waals surface area contributed by atoms with Crippen LogP contribution in [0.15, 0.2) is 54.6 Å². The molecular formula is C21H27NO4. The van der Waals surface area contributed by atoms with Crippen molar-refractivity contribution in [2.45, 2.75) is 26.0 Å². The maximum absolute atomic E-state index is 11.6. The zero-order valence-corrected chi connectivity index (χ0v) is 15.2. The fourth-order valence-electron chi connectivity index (χ4n) is 2.70. The molecule has 0 saturated heterocycles. The third kappa shape index (κ3) is 6.59. The van der Waals surface area contributed by atoms with E-state index < -0.39 is 6.10 Å². The van der Waals surface area contributed by atoms with Crippen LogP contribution < -0.4 is 4.74 Å². The Morgan fingerprint density at radius 3 is 2.42 bits per heavy atom. The summed E-state index contributed by atoms with van der Waals surface area (Å²) in [7, 11) is 0. The predicted octanol–water partition coefficient (Wildman–Crippen LogP) is 2.51. The van der Waals surface area contributed by atoms with E-state index in [0.717, 1.165) is 5.56 Å². The number of hydrogen-bond acceptors (Lipinski definition) is 5. The Morgan fingerprint density at radius 2 is 1.81 bits per heavy atom. The van der Waals surface area contributed by atoms with Crippen molar-refractivity contribution >= 4 is 5.78 Å². The molecule has 0 saturated carbocycles. The summed E-state index contributed by atoms with van der Waals surface area (Å²) in [6.07, 6.45) is -0.205. The Morgan fingerprint density at radius 1 is 1.12 bits per heavy atom. The number of ketones is 1. The summed E-state index contributed by atoms with van der Waals surface area (Å²) in [5.74, 6) is 0.714. The van der Waals surface area contributed by atoms with Crippen molar-refractivity contribution in [1.82, 2.24) is 4.90 Å². The minimum atomic E-state index is -0.679. The van der Waals surface area contributed by atoms with E-state index in [4.69, 9.17) is 4.74 Å². The molecule has 1 atom stereocenters. The Hall–Kier alpha value is -2.21. The van der Waals surface area contributed by atoms with Crippen molar-refractivity contribution in [3.63, 3.8) is 0 Å². The summed E-state index contributed by atoms with van der Waals surface area (Å²) in [5, 5.41) is 19.5. The van der Waals surface area contributed by atoms with Crippen molar-refractivity contribution in [2.24, 2.45) is 0 Å². The van der Waals surface area contributed by atoms with Crippen molar-refractivity contribution in [1.29, 1.82) is 0 Å². The number of carbonyl (C=O) groups excluding carboxylic acids is 1. The summed E-state index contributed by atoms with van der Waals surface area (Å²) < 4.78 is 5.61. The normalized spacial score (nSPS) is 12.2. The van der Waals surface area contributed by atoms with Crippen LogP contribution in [0.4, 0.5) is 0 Å². The maximum Gasteiger partial charge on any atom is 0.162 e. The van der Waals surface area contributed by atoms with E-state index in [1.54, 1.807) is 24.3 Å². The average molecular weight is 357 g/mol. The number of Topliss-reactive ketones (excluding diaryl/α,β-unsaturated/α-hetero) is 1. The first kappa shape index (κ1) is 20.1. The van der Waals surface area contributed by atoms with E-state index >= 15 is 0 Å². The largest absolute Gasteiger partial charge is 0.491 e. The highest BCUT2D eigenvalue weighted by Crippen LogP contribution is 2.14. The summed E-state index contributed by atoms with van der Waals surface area (Å²) >= 11 is 0. The molecule has 0 amide bonds. The number of ether oxygens (including phenoxy) is 1. The molecule has 0 spiro atoms. The van der Waals surface area contributed by atoms with E-state index in [2.05, 4.69) is 0 Å². The van der Waals surface area contributed by atoms with Crippen LogP contribution in [0.25, 0.3) is 0 Å². The smallest absolute Gasteiger partial charge is 0.162 e. The van der Waals surface area contributed by atoms with Crippen LogP contribution in [0.2, 0.25) is 0 Å². The highest BCUT2D eigenvalue weighted by molar-refractivity contribution is 5.95. The molecule has 0 aliphatic carbocycles. The van der Waals surface area contributed by atoms with Gasteiger partial charge in [-0.3, -0.25) is 9.69 Å². The summed E-state index contributed by atoms with van der Waals surface area (Å²) in [6.45, 7) is 3.57. The number of aliphatic hydroxyl groups excluding tert-OH is 2. The van der Waals surface area contributed by atoms with Gasteiger partial charge in [0.1, 0.15) is 18.5 Å². The molecule has 2 aromatic carbocycles. The van der Waals surface area contributed by atoms with Crippen LogP contribution in [0, 0.1) is 0 Å². The first-order chi connectivity index (χ1) is 12.6. The van der Waals surface area contributed by atoms with Gasteiger partial charge in [0.25, 0.3) is 0 Å². The third-order valence-corrected chi connectivity index (χ3v) is 4.07. The second-order valence-electron chi connectivity index (χ2n) is 6.21. The maximum atomic E-state index is 11.6. The van der Waals surface area contributed by atoms with E-state index in [-0.39, 0.29) is 19.0 Å². The van der Waals surface area contributed by atoms with Crippen LogP contribution in [0.1, 0.15) is 29.3 Å². The van der Waals surface area contributed by atoms with Gasteiger partial charge in [0.05, 0.1) is 6.61 Å². The molecule has 0 unspecified atom stereocenters. The lowest BCUT2D eigenvalue weighted by Gasteiger charge is -2.24. The van der Waals surface area contributed by atoms with E-state index in [1.165, 1.54) is 0 Å². The Kier molecular flexibility index (Phi) is 8.28. The van der Waals surface area contributed by atoms with Gasteiger partial charge in [-0.25, -0.2) is 0 Å². The fraction of sp³-hybridized carbons (Fsp3) is 0.381. The quantitative estimate of drug-likeness (QED) is 0.605. The molecule has 0 heterocycles. The molecule has 0 bridgehead atoms. The van der Waals surface area contributed by atoms with Gasteiger partial charge in [-0.15, -0.1) is 0 Å². The van der Waals surface area contributed by atoms with Crippen molar-refractivity contribution in [2.75, 3.05) is 26.3 Å². The first-order valence-electron chi connectivity index (χ1n) is 8.93. The van der Waals surface area contributed by atoms with Crippen LogP contribution in [-0.2, 0) is 6.54 Å². The van der Waals surface area contributed by atoms with Crippen LogP contribution in [0.5, 0.6) is 5.75 Å². The van der Waals surface area contributed by atoms with Crippen molar-refractivity contribution in [3.05, 3.63) is 65.7 Å². The molecule has 140 valence electrons. The van der Waals surface area contributed by atoms with Gasteiger partial charge >= 0.3 is 0 Å². The molecule has 0 radical (unpaired) electrons. The minimum Gasteiger partial charge on any atom is -0.491 e. The topological polar surface area (TPSA) is 70.0 Å². The van der Waals surface area contributed by atoms with Gasteiger partial charge in [-0.05, 0) is 29.8 Å². The number of nitrogens with zero attached hydrogens (tertiary/aromatic N) is 1. The number of hydrogen-bond donors (Lipinski definition) is 2. The molecule has 0 aromatic heterocycles. The summed E-state index contributed by atoms with van der Waals surface area (Å²) in [6, 6.07) is 16.9. The fourth-order valence-corrected chi connectivity index (χ4v) is 2.70. The highest BCUT2D eigenvalue weighted by atomic mass is 16.5. The van der Waals surface area contributed by atoms with Gasteiger partial charge in [0, 0.05) is 31.6 Å². The highest BCUT2D eigenvalue weighted by Gasteiger charge is 2.13. The van der Waals surface area contributed by atoms with Crippen molar-refractivity contribution in [3.8, 4) is 5.75 Å². The SMILES string of the molecule is CCC(=O)c1ccc(OC[C@@H](O)CN(CCO)Cc2ccccc2)cc1. The van der Waals surface area contributed by atoms with Crippen LogP contribution in [0.3, 0.4) is 0 Å². The second-order valence-corrected chi connectivity index (χ2v) is 6.21. The molecule has 5 heteroatoms. The Bertz CT molecular complexity index is 657. The van der Waals surface area contributed by atoms with Gasteiger partial charge < -0.3 is 14.9 Å². The molecule has 5 nitrogen and oxygen atoms in total. The third-order valence-electron chi connectivity index (χ3n) is 4.07. The lowest BCUT2D eigenvalue weighted by atomic mass is 10.1. The number of aliphatic hydroxyl groups is 2. The molecular weight excluding hydrogens is 330 g/mol. The molecule has 0 fully saturated rings. The molecule has 0 aliphatic heterocycles. The number of benzene rings is 2. The zero-order chi connectivity index (χ0) is 18.8. The minimum absolute atomic E-state index is 0.0350. The summed E-state index contributed by atoms with van der Waals surface area (Å²) in [4.78, 5) is 13.6. The lowest BCUT2D eigenvalue weighted by molar-refractivity contribution is 0.0590. The van der Waals surface area contributed by atoms with Crippen LogP contribution in [-0.4, -0.2) is 53.3 Å². The summed E-state index contributed by atoms with van der Waals surface area (Å²) in [5.41, 5.74) is 1.79. The first-order valence-corrected chi connectivity index (χ1v) is 8.93. The Labute approximate surface area is 154 Å². The second kappa shape index (κ2) is 10.7. The average Bonchev–Trinajstić information content (AvgIpc) is 2.67.